The molecule has 5 rings (SSSR count). The highest BCUT2D eigenvalue weighted by Crippen LogP contribution is 2.46. The maximum absolute atomic E-state index is 11.8. The molecule has 0 bridgehead atoms. The van der Waals surface area contributed by atoms with Gasteiger partial charge in [0.05, 0.1) is 41.2 Å². The van der Waals surface area contributed by atoms with Gasteiger partial charge in [-0.3, -0.25) is 9.67 Å². The van der Waals surface area contributed by atoms with Crippen LogP contribution in [-0.2, 0) is 15.4 Å². The number of pyridine rings is 3. The molecular formula is C24H19N7O2S. The van der Waals surface area contributed by atoms with Crippen molar-refractivity contribution in [1.82, 2.24) is 24.7 Å². The molecule has 4 heterocycles. The number of fused-ring (bicyclic) bond motifs is 1. The standard InChI is InChI=1S/C24H19N7O2S/c1-34(32,33)22-5-4-17(15-28-22)20-11-21-18(3-2-9-27-21)23(29-20)19-6-10-31(30-19)24(7-8-25)12-16(13-24)14-26/h2-6,9-11,15-16H,7,12-13H2,1H3/t16-,24-. The van der Waals surface area contributed by atoms with Gasteiger partial charge >= 0.3 is 0 Å². The van der Waals surface area contributed by atoms with Gasteiger partial charge in [-0.15, -0.1) is 0 Å². The SMILES string of the molecule is CS(=O)(=O)c1ccc(-c2cc3ncccc3c(-c3ccn([C@]4(CC#N)C[C@@H](C#N)C4)n3)n2)cn1. The largest absolute Gasteiger partial charge is 0.265 e. The Morgan fingerprint density at radius 1 is 1.15 bits per heavy atom. The van der Waals surface area contributed by atoms with Crippen LogP contribution < -0.4 is 0 Å². The maximum atomic E-state index is 11.8. The fraction of sp³-hybridized carbons (Fsp3) is 0.250. The lowest BCUT2D eigenvalue weighted by atomic mass is 9.67. The van der Waals surface area contributed by atoms with E-state index in [9.17, 15) is 18.9 Å². The van der Waals surface area contributed by atoms with E-state index >= 15 is 0 Å². The molecule has 0 atom stereocenters. The second-order valence-electron chi connectivity index (χ2n) is 8.52. The molecule has 1 saturated carbocycles. The topological polar surface area (TPSA) is 138 Å². The Morgan fingerprint density at radius 3 is 2.65 bits per heavy atom. The molecule has 0 unspecified atom stereocenters. The minimum Gasteiger partial charge on any atom is -0.265 e. The monoisotopic (exact) mass is 469 g/mol. The van der Waals surface area contributed by atoms with E-state index in [-0.39, 0.29) is 17.4 Å². The molecule has 1 fully saturated rings. The molecule has 10 heteroatoms. The molecule has 0 N–H and O–H groups in total. The fourth-order valence-corrected chi connectivity index (χ4v) is 4.95. The Hall–Kier alpha value is -4.15. The van der Waals surface area contributed by atoms with E-state index in [2.05, 4.69) is 22.1 Å². The predicted molar refractivity (Wildman–Crippen MR) is 124 cm³/mol. The molecule has 0 spiro atoms. The summed E-state index contributed by atoms with van der Waals surface area (Å²) in [7, 11) is -3.41. The van der Waals surface area contributed by atoms with Crippen molar-refractivity contribution >= 4 is 20.7 Å². The zero-order valence-corrected chi connectivity index (χ0v) is 19.1. The lowest BCUT2D eigenvalue weighted by Crippen LogP contribution is -2.46. The lowest BCUT2D eigenvalue weighted by molar-refractivity contribution is 0.0884. The summed E-state index contributed by atoms with van der Waals surface area (Å²) in [6, 6.07) is 15.0. The average Bonchev–Trinajstić information content (AvgIpc) is 3.30. The van der Waals surface area contributed by atoms with Crippen LogP contribution in [0.15, 0.2) is 60.0 Å². The summed E-state index contributed by atoms with van der Waals surface area (Å²) in [6.07, 6.45) is 7.58. The molecule has 9 nitrogen and oxygen atoms in total. The number of aromatic nitrogens is 5. The van der Waals surface area contributed by atoms with Gasteiger partial charge in [0.15, 0.2) is 14.9 Å². The van der Waals surface area contributed by atoms with Gasteiger partial charge in [-0.2, -0.15) is 15.6 Å². The van der Waals surface area contributed by atoms with Crippen LogP contribution in [0.3, 0.4) is 0 Å². The molecule has 0 aliphatic heterocycles. The van der Waals surface area contributed by atoms with Crippen LogP contribution in [0.25, 0.3) is 33.5 Å². The molecule has 4 aromatic rings. The normalized spacial score (nSPS) is 19.8. The van der Waals surface area contributed by atoms with E-state index in [0.29, 0.717) is 41.0 Å². The lowest BCUT2D eigenvalue weighted by Gasteiger charge is -2.43. The summed E-state index contributed by atoms with van der Waals surface area (Å²) in [6.45, 7) is 0. The van der Waals surface area contributed by atoms with E-state index in [1.165, 1.54) is 12.3 Å². The Balaban J connectivity index is 1.60. The third-order valence-electron chi connectivity index (χ3n) is 6.17. The highest BCUT2D eigenvalue weighted by molar-refractivity contribution is 7.90. The number of nitrogens with zero attached hydrogens (tertiary/aromatic N) is 7. The zero-order chi connectivity index (χ0) is 23.9. The molecule has 1 aliphatic carbocycles. The second kappa shape index (κ2) is 8.01. The highest BCUT2D eigenvalue weighted by Gasteiger charge is 2.46. The predicted octanol–water partition coefficient (Wildman–Crippen LogP) is 3.50. The maximum Gasteiger partial charge on any atom is 0.192 e. The Labute approximate surface area is 196 Å². The van der Waals surface area contributed by atoms with Crippen molar-refractivity contribution in [3.05, 3.63) is 55.0 Å². The van der Waals surface area contributed by atoms with Gasteiger partial charge in [-0.1, -0.05) is 0 Å². The smallest absolute Gasteiger partial charge is 0.192 e. The van der Waals surface area contributed by atoms with Crippen LogP contribution >= 0.6 is 0 Å². The first-order valence-corrected chi connectivity index (χ1v) is 12.5. The Kier molecular flexibility index (Phi) is 5.11. The van der Waals surface area contributed by atoms with Gasteiger partial charge < -0.3 is 0 Å². The van der Waals surface area contributed by atoms with Crippen LogP contribution in [0, 0.1) is 28.6 Å². The molecule has 1 aliphatic rings. The summed E-state index contributed by atoms with van der Waals surface area (Å²) >= 11 is 0. The van der Waals surface area contributed by atoms with Crippen molar-refractivity contribution in [2.24, 2.45) is 5.92 Å². The van der Waals surface area contributed by atoms with Gasteiger partial charge in [0, 0.05) is 35.8 Å². The van der Waals surface area contributed by atoms with Crippen molar-refractivity contribution in [2.75, 3.05) is 6.26 Å². The molecule has 168 valence electrons. The van der Waals surface area contributed by atoms with Crippen LogP contribution in [0.1, 0.15) is 19.3 Å². The first kappa shape index (κ1) is 21.7. The number of sulfone groups is 1. The number of nitriles is 2. The van der Waals surface area contributed by atoms with Crippen LogP contribution in [0.2, 0.25) is 0 Å². The van der Waals surface area contributed by atoms with Gasteiger partial charge in [0.2, 0.25) is 0 Å². The minimum atomic E-state index is -3.41. The quantitative estimate of drug-likeness (QED) is 0.433. The third-order valence-corrected chi connectivity index (χ3v) is 7.17. The van der Waals surface area contributed by atoms with Crippen molar-refractivity contribution in [3.63, 3.8) is 0 Å². The summed E-state index contributed by atoms with van der Waals surface area (Å²) < 4.78 is 25.3. The minimum absolute atomic E-state index is 0.00640. The first-order chi connectivity index (χ1) is 16.3. The van der Waals surface area contributed by atoms with Crippen molar-refractivity contribution < 1.29 is 8.42 Å². The summed E-state index contributed by atoms with van der Waals surface area (Å²) in [4.78, 5) is 13.4. The molecule has 34 heavy (non-hydrogen) atoms. The molecule has 0 radical (unpaired) electrons. The Morgan fingerprint density at radius 2 is 1.97 bits per heavy atom. The molecule has 0 aromatic carbocycles. The third kappa shape index (κ3) is 3.68. The van der Waals surface area contributed by atoms with Gasteiger partial charge in [-0.25, -0.2) is 18.4 Å². The van der Waals surface area contributed by atoms with Crippen LogP contribution in [-0.4, -0.2) is 39.4 Å². The van der Waals surface area contributed by atoms with Crippen molar-refractivity contribution in [3.8, 4) is 34.8 Å². The number of rotatable bonds is 5. The fourth-order valence-electron chi connectivity index (χ4n) is 4.39. The number of hydrogen-bond acceptors (Lipinski definition) is 8. The summed E-state index contributed by atoms with van der Waals surface area (Å²) in [5.41, 5.74) is 2.71. The van der Waals surface area contributed by atoms with Crippen molar-refractivity contribution in [1.29, 1.82) is 10.5 Å². The van der Waals surface area contributed by atoms with E-state index in [1.54, 1.807) is 16.9 Å². The average molecular weight is 470 g/mol. The zero-order valence-electron chi connectivity index (χ0n) is 18.3. The molecule has 4 aromatic heterocycles. The molecule has 0 saturated heterocycles. The van der Waals surface area contributed by atoms with Gasteiger partial charge in [-0.05, 0) is 49.2 Å². The summed E-state index contributed by atoms with van der Waals surface area (Å²) in [5.74, 6) is -0.0742. The number of hydrogen-bond donors (Lipinski definition) is 0. The first-order valence-electron chi connectivity index (χ1n) is 10.6. The van der Waals surface area contributed by atoms with E-state index in [1.807, 2.05) is 30.5 Å². The highest BCUT2D eigenvalue weighted by atomic mass is 32.2. The van der Waals surface area contributed by atoms with Gasteiger partial charge in [0.25, 0.3) is 0 Å². The molecule has 0 amide bonds. The van der Waals surface area contributed by atoms with Crippen LogP contribution in [0.4, 0.5) is 0 Å². The van der Waals surface area contributed by atoms with E-state index in [4.69, 9.17) is 10.1 Å². The van der Waals surface area contributed by atoms with Gasteiger partial charge in [0.1, 0.15) is 11.4 Å². The second-order valence-corrected chi connectivity index (χ2v) is 10.5. The van der Waals surface area contributed by atoms with Crippen molar-refractivity contribution in [2.45, 2.75) is 29.8 Å². The molecular weight excluding hydrogens is 450 g/mol. The van der Waals surface area contributed by atoms with Crippen LogP contribution in [0.5, 0.6) is 0 Å². The summed E-state index contributed by atoms with van der Waals surface area (Å²) in [5, 5.41) is 24.1. The van der Waals surface area contributed by atoms with E-state index in [0.717, 1.165) is 11.6 Å². The van der Waals surface area contributed by atoms with E-state index < -0.39 is 15.4 Å². The Bertz CT molecular complexity index is 1590.